The maximum atomic E-state index is 6.15. The van der Waals surface area contributed by atoms with Crippen molar-refractivity contribution in [3.05, 3.63) is 180 Å². The molecule has 0 fully saturated rings. The van der Waals surface area contributed by atoms with Crippen LogP contribution >= 0.6 is 11.6 Å². The van der Waals surface area contributed by atoms with E-state index in [1.54, 1.807) is 0 Å². The van der Waals surface area contributed by atoms with E-state index in [0.717, 1.165) is 56.8 Å². The van der Waals surface area contributed by atoms with Gasteiger partial charge in [0, 0.05) is 11.1 Å². The third-order valence-electron chi connectivity index (χ3n) is 6.53. The van der Waals surface area contributed by atoms with Crippen molar-refractivity contribution < 1.29 is 21.9 Å². The van der Waals surface area contributed by atoms with Gasteiger partial charge < -0.3 is 21.9 Å². The Morgan fingerprint density at radius 1 is 0.467 bits per heavy atom. The van der Waals surface area contributed by atoms with E-state index < -0.39 is 0 Å². The molecular formula is C38H26Cl2MgN2O2. The van der Waals surface area contributed by atoms with Crippen molar-refractivity contribution in [2.45, 2.75) is 0 Å². The van der Waals surface area contributed by atoms with Gasteiger partial charge in [-0.1, -0.05) is 90.5 Å². The Labute approximate surface area is 290 Å². The molecular weight excluding hydrogens is 612 g/mol. The molecule has 0 aromatic heterocycles. The van der Waals surface area contributed by atoms with Crippen LogP contribution in [0.2, 0.25) is 0 Å². The third-order valence-corrected chi connectivity index (χ3v) is 6.82. The molecule has 6 aromatic carbocycles. The van der Waals surface area contributed by atoms with Crippen LogP contribution in [-0.4, -0.2) is 33.9 Å². The fourth-order valence-corrected chi connectivity index (χ4v) is 4.74. The standard InChI is InChI=1S/C19H13NO.C13H8ClNO.C6H5.ClH.Mg/c1-2-8-14(9-3-1)19-15-10-4-6-12-17(15)21-18-13-7-5-11-16(18)20-19;14-13-9-5-1-3-7-11(9)16-12-8-4-2-6-10(12)15-13;1-2-4-6-5-3-1;;/h1-13H;1-8H;1-5H;1H;/q;;-1;;+2/p-1. The molecule has 4 nitrogen and oxygen atoms in total. The van der Waals surface area contributed by atoms with Crippen molar-refractivity contribution in [2.75, 3.05) is 0 Å². The van der Waals surface area contributed by atoms with E-state index in [0.29, 0.717) is 5.17 Å². The second-order valence-corrected chi connectivity index (χ2v) is 9.80. The molecule has 0 spiro atoms. The number of para-hydroxylation sites is 6. The predicted molar refractivity (Wildman–Crippen MR) is 181 cm³/mol. The van der Waals surface area contributed by atoms with Crippen LogP contribution in [0.3, 0.4) is 0 Å². The average Bonchev–Trinajstić information content (AvgIpc) is 3.34. The smallest absolute Gasteiger partial charge is 1.00 e. The summed E-state index contributed by atoms with van der Waals surface area (Å²) in [5, 5.41) is 0.459. The van der Waals surface area contributed by atoms with Crippen LogP contribution in [0.4, 0.5) is 11.4 Å². The summed E-state index contributed by atoms with van der Waals surface area (Å²) >= 11 is 6.15. The molecule has 0 N–H and O–H groups in total. The van der Waals surface area contributed by atoms with E-state index >= 15 is 0 Å². The molecule has 8 rings (SSSR count). The fourth-order valence-electron chi connectivity index (χ4n) is 4.49. The second kappa shape index (κ2) is 16.6. The van der Waals surface area contributed by atoms with Crippen LogP contribution in [-0.2, 0) is 0 Å². The maximum Gasteiger partial charge on any atom is 2.00 e. The van der Waals surface area contributed by atoms with Crippen LogP contribution in [0.25, 0.3) is 0 Å². The third kappa shape index (κ3) is 8.41. The van der Waals surface area contributed by atoms with E-state index in [4.69, 9.17) is 26.1 Å². The fraction of sp³-hybridized carbons (Fsp3) is 0. The Hall–Kier alpha value is -4.39. The molecule has 6 aromatic rings. The van der Waals surface area contributed by atoms with E-state index in [1.165, 1.54) is 0 Å². The Morgan fingerprint density at radius 2 is 0.911 bits per heavy atom. The zero-order valence-electron chi connectivity index (χ0n) is 24.2. The molecule has 0 amide bonds. The SMILES string of the molecule is ClC1=Nc2ccccc2Oc2ccccc21.[Cl-].[Mg+2].[c-]1ccccc1.c1ccc(C2=Nc3ccccc3Oc3ccccc32)cc1. The largest absolute Gasteiger partial charge is 2.00 e. The van der Waals surface area contributed by atoms with Crippen LogP contribution in [0, 0.1) is 6.07 Å². The van der Waals surface area contributed by atoms with E-state index in [2.05, 4.69) is 23.2 Å². The van der Waals surface area contributed by atoms with E-state index in [1.807, 2.05) is 146 Å². The summed E-state index contributed by atoms with van der Waals surface area (Å²) in [6.45, 7) is 0. The molecule has 0 saturated heterocycles. The summed E-state index contributed by atoms with van der Waals surface area (Å²) in [6.07, 6.45) is 0. The topological polar surface area (TPSA) is 43.2 Å². The van der Waals surface area contributed by atoms with Crippen molar-refractivity contribution in [1.82, 2.24) is 0 Å². The van der Waals surface area contributed by atoms with Gasteiger partial charge in [-0.3, -0.25) is 0 Å². The molecule has 0 unspecified atom stereocenters. The minimum atomic E-state index is 0. The Bertz CT molecular complexity index is 1870. The first-order valence-electron chi connectivity index (χ1n) is 13.8. The second-order valence-electron chi connectivity index (χ2n) is 9.44. The summed E-state index contributed by atoms with van der Waals surface area (Å²) in [6, 6.07) is 53.8. The van der Waals surface area contributed by atoms with Gasteiger partial charge in [-0.2, -0.15) is 36.4 Å². The van der Waals surface area contributed by atoms with Crippen molar-refractivity contribution in [1.29, 1.82) is 0 Å². The van der Waals surface area contributed by atoms with Gasteiger partial charge in [-0.05, 0) is 48.5 Å². The number of hydrogen-bond donors (Lipinski definition) is 0. The quantitative estimate of drug-likeness (QED) is 0.141. The van der Waals surface area contributed by atoms with Crippen molar-refractivity contribution in [3.8, 4) is 23.0 Å². The molecule has 0 aliphatic carbocycles. The first-order chi connectivity index (χ1) is 21.3. The van der Waals surface area contributed by atoms with Gasteiger partial charge in [0.15, 0.2) is 11.5 Å². The monoisotopic (exact) mass is 636 g/mol. The first kappa shape index (κ1) is 33.5. The zero-order chi connectivity index (χ0) is 29.3. The number of nitrogens with zero attached hydrogens (tertiary/aromatic N) is 2. The number of benzene rings is 6. The van der Waals surface area contributed by atoms with Gasteiger partial charge in [0.05, 0.1) is 11.3 Å². The molecule has 2 aliphatic heterocycles. The first-order valence-corrected chi connectivity index (χ1v) is 14.2. The molecule has 7 heteroatoms. The number of halogens is 2. The van der Waals surface area contributed by atoms with E-state index in [9.17, 15) is 0 Å². The van der Waals surface area contributed by atoms with Gasteiger partial charge in [-0.15, -0.1) is 0 Å². The van der Waals surface area contributed by atoms with Gasteiger partial charge in [0.2, 0.25) is 0 Å². The molecule has 2 aliphatic rings. The summed E-state index contributed by atoms with van der Waals surface area (Å²) in [4.78, 5) is 9.18. The Morgan fingerprint density at radius 3 is 1.47 bits per heavy atom. The Balaban J connectivity index is 0.000000170. The van der Waals surface area contributed by atoms with Crippen LogP contribution < -0.4 is 21.9 Å². The molecule has 0 radical (unpaired) electrons. The Kier molecular flexibility index (Phi) is 12.4. The molecule has 45 heavy (non-hydrogen) atoms. The summed E-state index contributed by atoms with van der Waals surface area (Å²) in [5.41, 5.74) is 5.47. The predicted octanol–water partition coefficient (Wildman–Crippen LogP) is 7.18. The summed E-state index contributed by atoms with van der Waals surface area (Å²) in [7, 11) is 0. The van der Waals surface area contributed by atoms with Crippen LogP contribution in [0.1, 0.15) is 16.7 Å². The zero-order valence-corrected chi connectivity index (χ0v) is 27.1. The van der Waals surface area contributed by atoms with Crippen LogP contribution in [0.15, 0.2) is 168 Å². The van der Waals surface area contributed by atoms with Gasteiger partial charge in [0.1, 0.15) is 28.0 Å². The van der Waals surface area contributed by atoms with Crippen LogP contribution in [0.5, 0.6) is 23.0 Å². The minimum Gasteiger partial charge on any atom is -1.00 e. The normalized spacial score (nSPS) is 11.5. The average molecular weight is 638 g/mol. The number of ether oxygens (including phenoxy) is 2. The maximum absolute atomic E-state index is 6.15. The van der Waals surface area contributed by atoms with Gasteiger partial charge >= 0.3 is 23.1 Å². The molecule has 2 heterocycles. The minimum absolute atomic E-state index is 0. The summed E-state index contributed by atoms with van der Waals surface area (Å²) < 4.78 is 11.8. The molecule has 216 valence electrons. The van der Waals surface area contributed by atoms with Gasteiger partial charge in [0.25, 0.3) is 0 Å². The number of aliphatic imine (C=N–C) groups is 2. The van der Waals surface area contributed by atoms with Crippen molar-refractivity contribution in [3.63, 3.8) is 0 Å². The van der Waals surface area contributed by atoms with E-state index in [-0.39, 0.29) is 35.5 Å². The number of hydrogen-bond acceptors (Lipinski definition) is 4. The van der Waals surface area contributed by atoms with Crippen molar-refractivity contribution in [2.24, 2.45) is 9.98 Å². The number of fused-ring (bicyclic) bond motifs is 4. The molecule has 0 atom stereocenters. The van der Waals surface area contributed by atoms with Gasteiger partial charge in [-0.25, -0.2) is 9.98 Å². The summed E-state index contributed by atoms with van der Waals surface area (Å²) in [5.74, 6) is 3.09. The molecule has 0 bridgehead atoms. The number of rotatable bonds is 1. The van der Waals surface area contributed by atoms with Crippen molar-refractivity contribution >= 4 is 56.9 Å². The molecule has 0 saturated carbocycles.